The van der Waals surface area contributed by atoms with Gasteiger partial charge in [-0.1, -0.05) is 35.4 Å². The number of aryl methyl sites for hydroxylation is 1. The zero-order valence-corrected chi connectivity index (χ0v) is 18.7. The van der Waals surface area contributed by atoms with Crippen LogP contribution in [0.2, 0.25) is 5.02 Å². The number of hydrogen-bond donors (Lipinski definition) is 1. The monoisotopic (exact) mass is 464 g/mol. The molecule has 3 aromatic rings. The molecule has 5 rings (SSSR count). The number of amides is 2. The Labute approximate surface area is 195 Å². The maximum atomic E-state index is 13.6. The van der Waals surface area contributed by atoms with Crippen molar-refractivity contribution in [2.24, 2.45) is 5.92 Å². The fraction of sp³-hybridized carbons (Fsp3) is 0.200. The van der Waals surface area contributed by atoms with Crippen LogP contribution in [0.15, 0.2) is 66.7 Å². The lowest BCUT2D eigenvalue weighted by Gasteiger charge is -2.29. The van der Waals surface area contributed by atoms with Crippen LogP contribution in [0.4, 0.5) is 11.4 Å². The summed E-state index contributed by atoms with van der Waals surface area (Å²) in [6, 6.07) is 18.4. The van der Waals surface area contributed by atoms with Crippen molar-refractivity contribution in [3.63, 3.8) is 0 Å². The molecule has 7 nitrogen and oxygen atoms in total. The number of carbonyl (C=O) groups excluding carboxylic acids is 2. The van der Waals surface area contributed by atoms with Gasteiger partial charge in [-0.05, 0) is 61.0 Å². The summed E-state index contributed by atoms with van der Waals surface area (Å²) in [5.41, 5.74) is 2.85. The molecule has 0 aliphatic carbocycles. The number of anilines is 2. The smallest absolute Gasteiger partial charge is 0.266 e. The van der Waals surface area contributed by atoms with Crippen molar-refractivity contribution in [2.45, 2.75) is 19.1 Å². The number of aromatic hydroxyl groups is 1. The van der Waals surface area contributed by atoms with Gasteiger partial charge in [0.1, 0.15) is 5.92 Å². The van der Waals surface area contributed by atoms with Crippen molar-refractivity contribution in [2.75, 3.05) is 17.1 Å². The minimum absolute atomic E-state index is 0.0233. The third-order valence-electron chi connectivity index (χ3n) is 6.03. The average Bonchev–Trinajstić information content (AvgIpc) is 3.32. The standard InChI is InChI=1S/C25H21ClN2O5/c1-14-3-8-17(9-4-14)27-24(30)21-22(15-5-12-19(29)20(13-15)32-2)28(33-23(21)25(27)31)18-10-6-16(26)7-11-18/h3-13,21-23,29H,1-2H3/t21-,22-,23-/m0/s1. The summed E-state index contributed by atoms with van der Waals surface area (Å²) in [4.78, 5) is 34.3. The normalized spacial score (nSPS) is 22.1. The van der Waals surface area contributed by atoms with Gasteiger partial charge >= 0.3 is 0 Å². The van der Waals surface area contributed by atoms with E-state index in [0.29, 0.717) is 22.0 Å². The van der Waals surface area contributed by atoms with Gasteiger partial charge in [0.05, 0.1) is 24.5 Å². The van der Waals surface area contributed by atoms with E-state index in [9.17, 15) is 14.7 Å². The lowest BCUT2D eigenvalue weighted by Crippen LogP contribution is -2.37. The van der Waals surface area contributed by atoms with Crippen molar-refractivity contribution < 1.29 is 24.3 Å². The summed E-state index contributed by atoms with van der Waals surface area (Å²) in [5.74, 6) is -1.31. The molecule has 0 unspecified atom stereocenters. The number of ether oxygens (including phenoxy) is 1. The third-order valence-corrected chi connectivity index (χ3v) is 6.29. The quantitative estimate of drug-likeness (QED) is 0.576. The first-order valence-corrected chi connectivity index (χ1v) is 10.8. The second-order valence-corrected chi connectivity index (χ2v) is 8.51. The van der Waals surface area contributed by atoms with Gasteiger partial charge in [-0.3, -0.25) is 14.4 Å². The Bertz CT molecular complexity index is 1230. The Morgan fingerprint density at radius 1 is 0.939 bits per heavy atom. The minimum atomic E-state index is -0.987. The van der Waals surface area contributed by atoms with Gasteiger partial charge in [0, 0.05) is 5.02 Å². The molecular weight excluding hydrogens is 444 g/mol. The summed E-state index contributed by atoms with van der Waals surface area (Å²) in [6.45, 7) is 1.94. The highest BCUT2D eigenvalue weighted by Crippen LogP contribution is 2.48. The summed E-state index contributed by atoms with van der Waals surface area (Å²) < 4.78 is 5.27. The van der Waals surface area contributed by atoms with Crippen LogP contribution in [-0.4, -0.2) is 30.1 Å². The van der Waals surface area contributed by atoms with E-state index in [2.05, 4.69) is 0 Å². The predicted octanol–water partition coefficient (Wildman–Crippen LogP) is 4.41. The van der Waals surface area contributed by atoms with Crippen molar-refractivity contribution in [1.29, 1.82) is 0 Å². The first-order valence-electron chi connectivity index (χ1n) is 10.4. The number of fused-ring (bicyclic) bond motifs is 1. The lowest BCUT2D eigenvalue weighted by molar-refractivity contribution is -0.126. The zero-order valence-electron chi connectivity index (χ0n) is 17.9. The number of halogens is 1. The average molecular weight is 465 g/mol. The number of benzene rings is 3. The number of phenols is 1. The Hall–Kier alpha value is -3.55. The Morgan fingerprint density at radius 3 is 2.27 bits per heavy atom. The van der Waals surface area contributed by atoms with Gasteiger partial charge in [-0.15, -0.1) is 0 Å². The molecule has 0 bridgehead atoms. The van der Waals surface area contributed by atoms with Crippen LogP contribution in [-0.2, 0) is 14.4 Å². The molecule has 3 aromatic carbocycles. The second-order valence-electron chi connectivity index (χ2n) is 8.08. The maximum Gasteiger partial charge on any atom is 0.266 e. The molecule has 33 heavy (non-hydrogen) atoms. The van der Waals surface area contributed by atoms with Crippen LogP contribution in [0.25, 0.3) is 0 Å². The Morgan fingerprint density at radius 2 is 1.61 bits per heavy atom. The van der Waals surface area contributed by atoms with E-state index in [4.69, 9.17) is 21.2 Å². The van der Waals surface area contributed by atoms with E-state index in [1.165, 1.54) is 18.1 Å². The highest BCUT2D eigenvalue weighted by Gasteiger charge is 2.60. The lowest BCUT2D eigenvalue weighted by atomic mass is 9.90. The molecule has 0 saturated carbocycles. The van der Waals surface area contributed by atoms with E-state index in [0.717, 1.165) is 5.56 Å². The van der Waals surface area contributed by atoms with Crippen molar-refractivity contribution in [1.82, 2.24) is 0 Å². The molecule has 2 aliphatic heterocycles. The fourth-order valence-electron chi connectivity index (χ4n) is 4.39. The molecule has 2 saturated heterocycles. The van der Waals surface area contributed by atoms with Crippen molar-refractivity contribution in [3.8, 4) is 11.5 Å². The SMILES string of the molecule is COc1cc([C@H]2[C@@H]3C(=O)N(c4ccc(C)cc4)C(=O)[C@H]3ON2c2ccc(Cl)cc2)ccc1O. The summed E-state index contributed by atoms with van der Waals surface area (Å²) >= 11 is 6.05. The fourth-order valence-corrected chi connectivity index (χ4v) is 4.52. The molecule has 0 aromatic heterocycles. The second kappa shape index (κ2) is 8.10. The van der Waals surface area contributed by atoms with E-state index in [-0.39, 0.29) is 17.4 Å². The number of imide groups is 1. The zero-order chi connectivity index (χ0) is 23.3. The molecule has 2 amide bonds. The number of nitrogens with zero attached hydrogens (tertiary/aromatic N) is 2. The third kappa shape index (κ3) is 3.50. The largest absolute Gasteiger partial charge is 0.504 e. The van der Waals surface area contributed by atoms with Crippen LogP contribution in [0.3, 0.4) is 0 Å². The maximum absolute atomic E-state index is 13.6. The molecule has 2 heterocycles. The van der Waals surface area contributed by atoms with Crippen LogP contribution in [0.1, 0.15) is 17.2 Å². The van der Waals surface area contributed by atoms with Gasteiger partial charge in [-0.25, -0.2) is 9.96 Å². The van der Waals surface area contributed by atoms with Crippen LogP contribution >= 0.6 is 11.6 Å². The molecule has 0 radical (unpaired) electrons. The van der Waals surface area contributed by atoms with Crippen LogP contribution < -0.4 is 14.7 Å². The van der Waals surface area contributed by atoms with Gasteiger partial charge in [0.25, 0.3) is 5.91 Å². The first-order chi connectivity index (χ1) is 15.9. The number of hydroxylamine groups is 1. The molecule has 3 atom stereocenters. The molecule has 2 fully saturated rings. The Kier molecular flexibility index (Phi) is 5.23. The highest BCUT2D eigenvalue weighted by molar-refractivity contribution is 6.30. The number of hydrogen-bond acceptors (Lipinski definition) is 6. The minimum Gasteiger partial charge on any atom is -0.504 e. The van der Waals surface area contributed by atoms with Crippen molar-refractivity contribution >= 4 is 34.8 Å². The van der Waals surface area contributed by atoms with Gasteiger partial charge in [0.15, 0.2) is 17.6 Å². The van der Waals surface area contributed by atoms with Gasteiger partial charge in [-0.2, -0.15) is 0 Å². The summed E-state index contributed by atoms with van der Waals surface area (Å²) in [7, 11) is 1.45. The van der Waals surface area contributed by atoms with Crippen LogP contribution in [0.5, 0.6) is 11.5 Å². The van der Waals surface area contributed by atoms with E-state index >= 15 is 0 Å². The first kappa shape index (κ1) is 21.3. The predicted molar refractivity (Wildman–Crippen MR) is 123 cm³/mol. The topological polar surface area (TPSA) is 79.3 Å². The molecule has 168 valence electrons. The van der Waals surface area contributed by atoms with Gasteiger partial charge in [0.2, 0.25) is 5.91 Å². The van der Waals surface area contributed by atoms with E-state index in [1.807, 2.05) is 19.1 Å². The molecule has 8 heteroatoms. The molecule has 1 N–H and O–H groups in total. The van der Waals surface area contributed by atoms with Crippen LogP contribution in [0, 0.1) is 12.8 Å². The number of methoxy groups -OCH3 is 1. The molecule has 2 aliphatic rings. The summed E-state index contributed by atoms with van der Waals surface area (Å²) in [5, 5.41) is 12.2. The molecule has 0 spiro atoms. The Balaban J connectivity index is 1.60. The highest BCUT2D eigenvalue weighted by atomic mass is 35.5. The summed E-state index contributed by atoms with van der Waals surface area (Å²) in [6.07, 6.45) is -0.987. The number of rotatable bonds is 4. The van der Waals surface area contributed by atoms with Gasteiger partial charge < -0.3 is 9.84 Å². The van der Waals surface area contributed by atoms with E-state index in [1.54, 1.807) is 53.6 Å². The van der Waals surface area contributed by atoms with Crippen molar-refractivity contribution in [3.05, 3.63) is 82.9 Å². The molecular formula is C25H21ClN2O5. The van der Waals surface area contributed by atoms with E-state index < -0.39 is 24.0 Å². The number of phenolic OH excluding ortho intramolecular Hbond substituents is 1. The number of carbonyl (C=O) groups is 2.